The molecule has 1 saturated carbocycles. The summed E-state index contributed by atoms with van der Waals surface area (Å²) < 4.78 is 40.6. The number of para-hydroxylation sites is 1. The minimum atomic E-state index is -3.48. The van der Waals surface area contributed by atoms with E-state index < -0.39 is 22.6 Å². The van der Waals surface area contributed by atoms with E-state index in [2.05, 4.69) is 0 Å². The molecule has 0 amide bonds. The molecule has 1 aromatic heterocycles. The van der Waals surface area contributed by atoms with Gasteiger partial charge in [0.05, 0.1) is 16.3 Å². The van der Waals surface area contributed by atoms with Crippen LogP contribution in [0.25, 0.3) is 10.4 Å². The second-order valence-corrected chi connectivity index (χ2v) is 12.6. The van der Waals surface area contributed by atoms with E-state index in [0.717, 1.165) is 42.7 Å². The van der Waals surface area contributed by atoms with Gasteiger partial charge in [0, 0.05) is 41.8 Å². The van der Waals surface area contributed by atoms with Gasteiger partial charge in [-0.1, -0.05) is 37.5 Å². The predicted molar refractivity (Wildman–Crippen MR) is 144 cm³/mol. The molecule has 5 N–H and O–H groups in total. The third-order valence-electron chi connectivity index (χ3n) is 7.36. The second kappa shape index (κ2) is 9.68. The Kier molecular flexibility index (Phi) is 6.73. The summed E-state index contributed by atoms with van der Waals surface area (Å²) in [6.45, 7) is 0.488. The number of hydrogen-bond acceptors (Lipinski definition) is 7. The van der Waals surface area contributed by atoms with E-state index in [-0.39, 0.29) is 33.0 Å². The molecule has 2 aromatic carbocycles. The van der Waals surface area contributed by atoms with Crippen LogP contribution in [0.4, 0.5) is 21.5 Å². The molecule has 0 radical (unpaired) electrons. The lowest BCUT2D eigenvalue weighted by molar-refractivity contribution is 0.0703. The molecule has 1 atom stereocenters. The first-order valence-electron chi connectivity index (χ1n) is 12.0. The Hall–Kier alpha value is -2.63. The molecule has 1 unspecified atom stereocenters. The summed E-state index contributed by atoms with van der Waals surface area (Å²) >= 11 is 0.866. The van der Waals surface area contributed by atoms with Crippen molar-refractivity contribution >= 4 is 45.1 Å². The minimum Gasteiger partial charge on any atom is -0.477 e. The molecule has 1 aliphatic heterocycles. The number of nitrogen functional groups attached to an aromatic ring is 1. The van der Waals surface area contributed by atoms with Gasteiger partial charge >= 0.3 is 5.97 Å². The number of hydrogen-bond donors (Lipinski definition) is 4. The zero-order chi connectivity index (χ0) is 25.6. The number of thiophene rings is 1. The maximum atomic E-state index is 15.7. The number of rotatable bonds is 4. The van der Waals surface area contributed by atoms with Crippen LogP contribution >= 0.6 is 22.1 Å². The third kappa shape index (κ3) is 4.37. The summed E-state index contributed by atoms with van der Waals surface area (Å²) in [6, 6.07) is 13.6. The Balaban J connectivity index is 1.69. The van der Waals surface area contributed by atoms with Crippen LogP contribution < -0.4 is 10.6 Å². The van der Waals surface area contributed by atoms with E-state index in [1.165, 1.54) is 24.6 Å². The van der Waals surface area contributed by atoms with Crippen molar-refractivity contribution < 1.29 is 23.4 Å². The number of halogens is 1. The zero-order valence-corrected chi connectivity index (χ0v) is 21.6. The van der Waals surface area contributed by atoms with Crippen LogP contribution in [0, 0.1) is 11.7 Å². The number of aromatic carboxylic acids is 1. The van der Waals surface area contributed by atoms with E-state index in [0.29, 0.717) is 17.1 Å². The Morgan fingerprint density at radius 3 is 2.44 bits per heavy atom. The molecule has 1 aliphatic carbocycles. The molecule has 1 fully saturated rings. The second-order valence-electron chi connectivity index (χ2n) is 9.48. The van der Waals surface area contributed by atoms with Crippen LogP contribution in [0.1, 0.15) is 41.8 Å². The molecule has 0 spiro atoms. The highest BCUT2D eigenvalue weighted by atomic mass is 32.3. The van der Waals surface area contributed by atoms with E-state index in [1.807, 2.05) is 35.2 Å². The van der Waals surface area contributed by atoms with Crippen LogP contribution in [-0.4, -0.2) is 44.1 Å². The Morgan fingerprint density at radius 1 is 1.11 bits per heavy atom. The van der Waals surface area contributed by atoms with E-state index in [1.54, 1.807) is 11.4 Å². The van der Waals surface area contributed by atoms with Crippen LogP contribution in [0.15, 0.2) is 53.4 Å². The third-order valence-corrected chi connectivity index (χ3v) is 10.5. The average molecular weight is 532 g/mol. The minimum absolute atomic E-state index is 0.0452. The van der Waals surface area contributed by atoms with Gasteiger partial charge in [-0.2, -0.15) is 4.31 Å². The molecule has 3 aromatic rings. The quantitative estimate of drug-likeness (QED) is 0.290. The molecule has 2 aliphatic rings. The fraction of sp³-hybridized carbons (Fsp3) is 0.346. The predicted octanol–water partition coefficient (Wildman–Crippen LogP) is 6.89. The number of fused-ring (bicyclic) bond motifs is 1. The topological polar surface area (TPSA) is 110 Å². The van der Waals surface area contributed by atoms with Gasteiger partial charge in [-0.15, -0.1) is 22.1 Å². The van der Waals surface area contributed by atoms with Gasteiger partial charge in [-0.3, -0.25) is 9.11 Å². The largest absolute Gasteiger partial charge is 0.477 e. The number of nitrogens with two attached hydrogens (primary N) is 1. The fourth-order valence-electron chi connectivity index (χ4n) is 5.43. The first kappa shape index (κ1) is 25.0. The highest BCUT2D eigenvalue weighted by Gasteiger charge is 2.41. The lowest BCUT2D eigenvalue weighted by atomic mass is 9.83. The Labute approximate surface area is 215 Å². The van der Waals surface area contributed by atoms with Gasteiger partial charge in [0.1, 0.15) is 10.7 Å². The lowest BCUT2D eigenvalue weighted by Crippen LogP contribution is -2.45. The van der Waals surface area contributed by atoms with Crippen LogP contribution in [0.5, 0.6) is 0 Å². The molecule has 0 bridgehead atoms. The molecule has 5 rings (SSSR count). The first-order chi connectivity index (χ1) is 17.2. The number of carbonyl (C=O) groups is 1. The van der Waals surface area contributed by atoms with E-state index in [9.17, 15) is 19.0 Å². The van der Waals surface area contributed by atoms with Gasteiger partial charge in [-0.05, 0) is 43.0 Å². The molecule has 192 valence electrons. The number of anilines is 3. The van der Waals surface area contributed by atoms with Gasteiger partial charge in [0.2, 0.25) is 0 Å². The first-order valence-corrected chi connectivity index (χ1v) is 14.3. The molecule has 10 heteroatoms. The molecule has 7 nitrogen and oxygen atoms in total. The van der Waals surface area contributed by atoms with Gasteiger partial charge in [0.25, 0.3) is 0 Å². The molecule has 36 heavy (non-hydrogen) atoms. The normalized spacial score (nSPS) is 21.6. The standard InChI is InChI=1S/C26H30FN3O4S2/c1-29-22(16-8-4-2-5-9-16)15-30(17-10-6-3-7-11-17)21-13-19(27)18(12-24(21)36(29,33)34)23-14-20(28)25(35-23)26(31)32/h3,6-7,10-14,16,22,33-34H,2,4-5,8-9,15,28H2,1H3,(H,31,32). The van der Waals surface area contributed by atoms with Crippen molar-refractivity contribution in [2.45, 2.75) is 43.0 Å². The zero-order valence-electron chi connectivity index (χ0n) is 19.9. The number of carboxylic acids is 1. The van der Waals surface area contributed by atoms with Gasteiger partial charge in [-0.25, -0.2) is 9.18 Å². The van der Waals surface area contributed by atoms with Crippen molar-refractivity contribution in [2.75, 3.05) is 24.2 Å². The Bertz CT molecular complexity index is 1280. The lowest BCUT2D eigenvalue weighted by Gasteiger charge is -2.46. The fourth-order valence-corrected chi connectivity index (χ4v) is 8.02. The summed E-state index contributed by atoms with van der Waals surface area (Å²) in [6.07, 6.45) is 5.42. The van der Waals surface area contributed by atoms with Gasteiger partial charge in [0.15, 0.2) is 0 Å². The van der Waals surface area contributed by atoms with Gasteiger partial charge < -0.3 is 15.7 Å². The van der Waals surface area contributed by atoms with Crippen molar-refractivity contribution in [3.05, 3.63) is 59.2 Å². The maximum Gasteiger partial charge on any atom is 0.348 e. The summed E-state index contributed by atoms with van der Waals surface area (Å²) in [7, 11) is -1.74. The smallest absolute Gasteiger partial charge is 0.348 e. The van der Waals surface area contributed by atoms with Crippen LogP contribution in [0.2, 0.25) is 0 Å². The molecule has 0 saturated heterocycles. The van der Waals surface area contributed by atoms with Crippen molar-refractivity contribution in [3.63, 3.8) is 0 Å². The van der Waals surface area contributed by atoms with Crippen LogP contribution in [0.3, 0.4) is 0 Å². The summed E-state index contributed by atoms with van der Waals surface area (Å²) in [5, 5.41) is 9.40. The van der Waals surface area contributed by atoms with Crippen molar-refractivity contribution in [3.8, 4) is 10.4 Å². The number of likely N-dealkylation sites (N-methyl/N-ethyl adjacent to an activating group) is 1. The molecule has 2 heterocycles. The summed E-state index contributed by atoms with van der Waals surface area (Å²) in [4.78, 5) is 13.9. The Morgan fingerprint density at radius 2 is 1.81 bits per heavy atom. The summed E-state index contributed by atoms with van der Waals surface area (Å²) in [5.74, 6) is -1.48. The molecular formula is C26H30FN3O4S2. The maximum absolute atomic E-state index is 15.7. The van der Waals surface area contributed by atoms with E-state index >= 15 is 4.39 Å². The SMILES string of the molecule is CN1C(C2CCCCC2)CN(c2ccccc2)c2cc(F)c(-c3cc(N)c(C(=O)O)s3)cc2S1(O)O. The number of nitrogens with zero attached hydrogens (tertiary/aromatic N) is 2. The average Bonchev–Trinajstić information content (AvgIpc) is 3.23. The van der Waals surface area contributed by atoms with Crippen molar-refractivity contribution in [1.29, 1.82) is 0 Å². The van der Waals surface area contributed by atoms with Crippen LogP contribution in [-0.2, 0) is 0 Å². The number of carboxylic acid groups (broad SMARTS) is 1. The molecular weight excluding hydrogens is 501 g/mol. The highest BCUT2D eigenvalue weighted by molar-refractivity contribution is 8.22. The van der Waals surface area contributed by atoms with E-state index in [4.69, 9.17) is 5.73 Å². The number of benzene rings is 2. The van der Waals surface area contributed by atoms with Crippen molar-refractivity contribution in [2.24, 2.45) is 5.92 Å². The van der Waals surface area contributed by atoms with Crippen molar-refractivity contribution in [1.82, 2.24) is 4.31 Å². The summed E-state index contributed by atoms with van der Waals surface area (Å²) in [5.41, 5.74) is 7.24. The monoisotopic (exact) mass is 531 g/mol. The highest BCUT2D eigenvalue weighted by Crippen LogP contribution is 2.60.